The van der Waals surface area contributed by atoms with Crippen LogP contribution in [0.1, 0.15) is 0 Å². The van der Waals surface area contributed by atoms with Crippen LogP contribution in [0.15, 0.2) is 168 Å². The highest BCUT2D eigenvalue weighted by molar-refractivity contribution is 7.26. The van der Waals surface area contributed by atoms with Crippen molar-refractivity contribution in [2.75, 3.05) is 0 Å². The van der Waals surface area contributed by atoms with Crippen LogP contribution in [0.4, 0.5) is 0 Å². The van der Waals surface area contributed by atoms with E-state index < -0.39 is 0 Å². The van der Waals surface area contributed by atoms with Gasteiger partial charge in [0.1, 0.15) is 11.2 Å². The molecule has 10 aromatic rings. The summed E-state index contributed by atoms with van der Waals surface area (Å²) in [7, 11) is 0. The van der Waals surface area contributed by atoms with E-state index in [2.05, 4.69) is 133 Å². The van der Waals surface area contributed by atoms with E-state index in [-0.39, 0.29) is 0 Å². The minimum Gasteiger partial charge on any atom is -0.456 e. The number of furan rings is 1. The molecule has 0 N–H and O–H groups in total. The summed E-state index contributed by atoms with van der Waals surface area (Å²) in [6.07, 6.45) is 0. The average Bonchev–Trinajstić information content (AvgIpc) is 3.76. The van der Waals surface area contributed by atoms with Crippen molar-refractivity contribution in [3.8, 4) is 56.4 Å². The molecule has 4 nitrogen and oxygen atoms in total. The number of hydrogen-bond acceptors (Lipinski definition) is 5. The van der Waals surface area contributed by atoms with Crippen molar-refractivity contribution in [1.82, 2.24) is 15.0 Å². The van der Waals surface area contributed by atoms with Crippen LogP contribution in [0.5, 0.6) is 0 Å². The van der Waals surface area contributed by atoms with Gasteiger partial charge in [-0.3, -0.25) is 0 Å². The van der Waals surface area contributed by atoms with E-state index in [0.29, 0.717) is 17.5 Å². The zero-order chi connectivity index (χ0) is 33.0. The monoisotopic (exact) mass is 657 g/mol. The lowest BCUT2D eigenvalue weighted by Crippen LogP contribution is -2.00. The van der Waals surface area contributed by atoms with Crippen molar-refractivity contribution >= 4 is 53.4 Å². The summed E-state index contributed by atoms with van der Waals surface area (Å²) < 4.78 is 8.65. The molecule has 0 atom stereocenters. The molecule has 3 aromatic heterocycles. The van der Waals surface area contributed by atoms with Gasteiger partial charge in [0.05, 0.1) is 0 Å². The maximum absolute atomic E-state index is 6.26. The molecule has 0 saturated heterocycles. The summed E-state index contributed by atoms with van der Waals surface area (Å²) in [6.45, 7) is 0. The summed E-state index contributed by atoms with van der Waals surface area (Å²) in [4.78, 5) is 15.4. The van der Waals surface area contributed by atoms with Crippen LogP contribution in [-0.4, -0.2) is 15.0 Å². The molecule has 0 aliphatic carbocycles. The second kappa shape index (κ2) is 11.6. The normalized spacial score (nSPS) is 11.6. The summed E-state index contributed by atoms with van der Waals surface area (Å²) in [5.74, 6) is 1.87. The molecule has 10 rings (SSSR count). The fourth-order valence-electron chi connectivity index (χ4n) is 6.85. The van der Waals surface area contributed by atoms with Gasteiger partial charge in [0.15, 0.2) is 17.5 Å². The molecule has 5 heteroatoms. The van der Waals surface area contributed by atoms with E-state index in [1.165, 1.54) is 32.2 Å². The fraction of sp³-hybridized carbons (Fsp3) is 0. The Hall–Kier alpha value is -6.43. The Balaban J connectivity index is 1.15. The number of nitrogens with zero attached hydrogens (tertiary/aromatic N) is 3. The lowest BCUT2D eigenvalue weighted by molar-refractivity contribution is 0.669. The molecule has 0 radical (unpaired) electrons. The largest absolute Gasteiger partial charge is 0.456 e. The van der Waals surface area contributed by atoms with E-state index in [1.54, 1.807) is 11.3 Å². The molecule has 7 aromatic carbocycles. The van der Waals surface area contributed by atoms with Crippen molar-refractivity contribution in [3.05, 3.63) is 164 Å². The van der Waals surface area contributed by atoms with Gasteiger partial charge in [-0.05, 0) is 52.6 Å². The average molecular weight is 658 g/mol. The summed E-state index contributed by atoms with van der Waals surface area (Å²) in [6, 6.07) is 56.9. The Labute approximate surface area is 292 Å². The first-order valence-corrected chi connectivity index (χ1v) is 17.4. The first-order chi connectivity index (χ1) is 24.7. The molecule has 0 aliphatic rings. The fourth-order valence-corrected chi connectivity index (χ4v) is 8.10. The Morgan fingerprint density at radius 3 is 1.72 bits per heavy atom. The maximum Gasteiger partial charge on any atom is 0.165 e. The molecule has 0 aliphatic heterocycles. The van der Waals surface area contributed by atoms with Gasteiger partial charge in [-0.25, -0.2) is 15.0 Å². The van der Waals surface area contributed by atoms with Crippen molar-refractivity contribution in [2.24, 2.45) is 0 Å². The topological polar surface area (TPSA) is 51.8 Å². The number of para-hydroxylation sites is 1. The van der Waals surface area contributed by atoms with Crippen LogP contribution in [0.2, 0.25) is 0 Å². The van der Waals surface area contributed by atoms with E-state index in [9.17, 15) is 0 Å². The molecule has 0 bridgehead atoms. The highest BCUT2D eigenvalue weighted by Crippen LogP contribution is 2.41. The lowest BCUT2D eigenvalue weighted by Gasteiger charge is -2.10. The molecular formula is C45H27N3OS. The van der Waals surface area contributed by atoms with Gasteiger partial charge in [-0.15, -0.1) is 11.3 Å². The Morgan fingerprint density at radius 1 is 0.360 bits per heavy atom. The van der Waals surface area contributed by atoms with Crippen LogP contribution >= 0.6 is 11.3 Å². The van der Waals surface area contributed by atoms with Crippen LogP contribution in [0.3, 0.4) is 0 Å². The Morgan fingerprint density at radius 2 is 0.920 bits per heavy atom. The molecule has 0 fully saturated rings. The van der Waals surface area contributed by atoms with E-state index >= 15 is 0 Å². The van der Waals surface area contributed by atoms with E-state index in [4.69, 9.17) is 19.4 Å². The van der Waals surface area contributed by atoms with Gasteiger partial charge in [0.2, 0.25) is 0 Å². The summed E-state index contributed by atoms with van der Waals surface area (Å²) in [5, 5.41) is 4.59. The van der Waals surface area contributed by atoms with Crippen LogP contribution in [0, 0.1) is 0 Å². The van der Waals surface area contributed by atoms with Crippen LogP contribution in [-0.2, 0) is 0 Å². The Kier molecular flexibility index (Phi) is 6.64. The van der Waals surface area contributed by atoms with Crippen molar-refractivity contribution < 1.29 is 4.42 Å². The lowest BCUT2D eigenvalue weighted by atomic mass is 10.0. The number of fused-ring (bicyclic) bond motifs is 6. The zero-order valence-electron chi connectivity index (χ0n) is 26.7. The number of hydrogen-bond donors (Lipinski definition) is 0. The predicted molar refractivity (Wildman–Crippen MR) is 207 cm³/mol. The van der Waals surface area contributed by atoms with Crippen molar-refractivity contribution in [1.29, 1.82) is 0 Å². The maximum atomic E-state index is 6.26. The van der Waals surface area contributed by atoms with Gasteiger partial charge in [-0.2, -0.15) is 0 Å². The number of aromatic nitrogens is 3. The van der Waals surface area contributed by atoms with Crippen LogP contribution < -0.4 is 0 Å². The molecule has 0 saturated carbocycles. The SMILES string of the molecule is c1ccc(-c2ccc(-c3nc(-c4ccc5c(c4)oc4ccccc45)nc(-c4cccc5c4sc4cc(-c6ccccc6)ccc45)n3)cc2)cc1. The molecule has 0 amide bonds. The van der Waals surface area contributed by atoms with Crippen LogP contribution in [0.25, 0.3) is 98.5 Å². The second-order valence-electron chi connectivity index (χ2n) is 12.4. The van der Waals surface area contributed by atoms with E-state index in [1.807, 2.05) is 30.3 Å². The third-order valence-electron chi connectivity index (χ3n) is 9.37. The third-order valence-corrected chi connectivity index (χ3v) is 10.6. The van der Waals surface area contributed by atoms with Crippen molar-refractivity contribution in [2.45, 2.75) is 0 Å². The summed E-state index contributed by atoms with van der Waals surface area (Å²) in [5.41, 5.74) is 9.18. The third kappa shape index (κ3) is 4.87. The molecule has 0 unspecified atom stereocenters. The van der Waals surface area contributed by atoms with Crippen molar-refractivity contribution in [3.63, 3.8) is 0 Å². The standard InChI is InChI=1S/C45H27N3OS/c1-3-10-28(11-4-1)30-18-20-31(21-19-30)43-46-44(33-23-24-35-34-14-7-8-17-39(34)49-40(35)26-33)48-45(47-43)38-16-9-15-37-36-25-22-32(27-41(36)50-42(37)38)29-12-5-2-6-13-29/h1-27H. The highest BCUT2D eigenvalue weighted by Gasteiger charge is 2.18. The van der Waals surface area contributed by atoms with Gasteiger partial charge in [0.25, 0.3) is 0 Å². The molecular weight excluding hydrogens is 631 g/mol. The number of rotatable bonds is 5. The number of benzene rings is 7. The summed E-state index contributed by atoms with van der Waals surface area (Å²) >= 11 is 1.78. The zero-order valence-corrected chi connectivity index (χ0v) is 27.6. The molecule has 3 heterocycles. The minimum atomic E-state index is 0.601. The quantitative estimate of drug-likeness (QED) is 0.185. The minimum absolute atomic E-state index is 0.601. The first kappa shape index (κ1) is 28.6. The van der Waals surface area contributed by atoms with Gasteiger partial charge >= 0.3 is 0 Å². The molecule has 234 valence electrons. The second-order valence-corrected chi connectivity index (χ2v) is 13.5. The van der Waals surface area contributed by atoms with Gasteiger partial charge < -0.3 is 4.42 Å². The number of thiophene rings is 1. The van der Waals surface area contributed by atoms with Gasteiger partial charge in [0, 0.05) is 47.6 Å². The predicted octanol–water partition coefficient (Wildman–Crippen LogP) is 12.5. The van der Waals surface area contributed by atoms with E-state index in [0.717, 1.165) is 48.9 Å². The van der Waals surface area contributed by atoms with Gasteiger partial charge in [-0.1, -0.05) is 133 Å². The first-order valence-electron chi connectivity index (χ1n) is 16.6. The molecule has 50 heavy (non-hydrogen) atoms. The highest BCUT2D eigenvalue weighted by atomic mass is 32.1. The Bertz CT molecular complexity index is 2860. The molecule has 0 spiro atoms. The smallest absolute Gasteiger partial charge is 0.165 e.